The molecule has 0 aliphatic rings. The van der Waals surface area contributed by atoms with Crippen LogP contribution < -0.4 is 0 Å². The number of aliphatic hydroxyl groups is 1. The molecule has 154 valence electrons. The predicted octanol–water partition coefficient (Wildman–Crippen LogP) is 6.41. The van der Waals surface area contributed by atoms with Gasteiger partial charge in [0.25, 0.3) is 0 Å². The van der Waals surface area contributed by atoms with Gasteiger partial charge in [-0.25, -0.2) is 8.78 Å². The number of aliphatic hydroxyl groups excluding tert-OH is 1. The second-order valence-corrected chi connectivity index (χ2v) is 9.41. The zero-order valence-corrected chi connectivity index (χ0v) is 20.9. The zero-order chi connectivity index (χ0) is 21.7. The Morgan fingerprint density at radius 2 is 1.43 bits per heavy atom. The van der Waals surface area contributed by atoms with Crippen LogP contribution in [0, 0.1) is 18.8 Å². The second-order valence-electron chi connectivity index (χ2n) is 5.83. The summed E-state index contributed by atoms with van der Waals surface area (Å²) in [4.78, 5) is 10.7. The van der Waals surface area contributed by atoms with Gasteiger partial charge >= 0.3 is 0 Å². The standard InChI is InChI=1S/C10H7FINOS.C10H5FINOS/c2*11-7-1-2-8(9(12)3-7)10-6(4-14)5-15-13-10/h1-3,5,14H,4H2;1-5H. The summed E-state index contributed by atoms with van der Waals surface area (Å²) in [5, 5.41) is 12.6. The third-order valence-corrected chi connectivity index (χ3v) is 7.02. The van der Waals surface area contributed by atoms with E-state index in [0.29, 0.717) is 11.3 Å². The van der Waals surface area contributed by atoms with Crippen LogP contribution in [0.4, 0.5) is 8.78 Å². The Balaban J connectivity index is 0.000000171. The molecule has 4 rings (SSSR count). The summed E-state index contributed by atoms with van der Waals surface area (Å²) < 4.78 is 35.7. The highest BCUT2D eigenvalue weighted by Gasteiger charge is 2.12. The maximum atomic E-state index is 12.9. The van der Waals surface area contributed by atoms with Crippen LogP contribution >= 0.6 is 68.2 Å². The molecule has 10 heteroatoms. The molecule has 0 aliphatic carbocycles. The van der Waals surface area contributed by atoms with E-state index in [4.69, 9.17) is 5.11 Å². The Morgan fingerprint density at radius 3 is 1.97 bits per heavy atom. The lowest BCUT2D eigenvalue weighted by molar-refractivity contribution is 0.112. The largest absolute Gasteiger partial charge is 0.392 e. The highest BCUT2D eigenvalue weighted by Crippen LogP contribution is 2.29. The summed E-state index contributed by atoms with van der Waals surface area (Å²) in [5.41, 5.74) is 4.35. The SMILES string of the molecule is O=Cc1csnc1-c1ccc(F)cc1I.OCc1csnc1-c1ccc(F)cc1I. The number of halogens is 4. The number of benzene rings is 2. The van der Waals surface area contributed by atoms with Gasteiger partial charge < -0.3 is 5.11 Å². The zero-order valence-electron chi connectivity index (χ0n) is 15.0. The quantitative estimate of drug-likeness (QED) is 0.202. The monoisotopic (exact) mass is 668 g/mol. The first kappa shape index (κ1) is 23.3. The first-order valence-electron chi connectivity index (χ1n) is 8.29. The van der Waals surface area contributed by atoms with E-state index in [-0.39, 0.29) is 18.2 Å². The minimum absolute atomic E-state index is 0.0424. The molecule has 0 saturated heterocycles. The van der Waals surface area contributed by atoms with E-state index in [0.717, 1.165) is 35.8 Å². The molecule has 0 unspecified atom stereocenters. The third kappa shape index (κ3) is 5.46. The van der Waals surface area contributed by atoms with Crippen LogP contribution in [0.15, 0.2) is 47.2 Å². The molecule has 0 radical (unpaired) electrons. The van der Waals surface area contributed by atoms with Crippen molar-refractivity contribution in [1.29, 1.82) is 0 Å². The van der Waals surface area contributed by atoms with Gasteiger partial charge in [0.05, 0.1) is 23.6 Å². The fourth-order valence-electron chi connectivity index (χ4n) is 2.49. The van der Waals surface area contributed by atoms with E-state index in [1.165, 1.54) is 47.3 Å². The van der Waals surface area contributed by atoms with Gasteiger partial charge in [-0.05, 0) is 105 Å². The summed E-state index contributed by atoms with van der Waals surface area (Å²) in [6.07, 6.45) is 0.762. The van der Waals surface area contributed by atoms with Gasteiger partial charge in [-0.15, -0.1) is 0 Å². The van der Waals surface area contributed by atoms with Crippen LogP contribution in [-0.4, -0.2) is 20.1 Å². The van der Waals surface area contributed by atoms with Gasteiger partial charge in [0, 0.05) is 34.6 Å². The molecule has 2 aromatic carbocycles. The Bertz CT molecular complexity index is 1180. The number of nitrogens with zero attached hydrogens (tertiary/aromatic N) is 2. The lowest BCUT2D eigenvalue weighted by Gasteiger charge is -2.03. The van der Waals surface area contributed by atoms with Crippen molar-refractivity contribution in [3.05, 3.63) is 77.1 Å². The highest BCUT2D eigenvalue weighted by molar-refractivity contribution is 14.1. The Kier molecular flexibility index (Phi) is 8.39. The minimum Gasteiger partial charge on any atom is -0.392 e. The highest BCUT2D eigenvalue weighted by atomic mass is 127. The lowest BCUT2D eigenvalue weighted by atomic mass is 10.1. The molecule has 4 aromatic rings. The van der Waals surface area contributed by atoms with Crippen molar-refractivity contribution in [2.45, 2.75) is 6.61 Å². The van der Waals surface area contributed by atoms with E-state index in [2.05, 4.69) is 31.3 Å². The maximum absolute atomic E-state index is 12.9. The van der Waals surface area contributed by atoms with Crippen LogP contribution in [0.25, 0.3) is 22.5 Å². The van der Waals surface area contributed by atoms with Crippen LogP contribution in [0.5, 0.6) is 0 Å². The summed E-state index contributed by atoms with van der Waals surface area (Å²) in [6, 6.07) is 8.97. The van der Waals surface area contributed by atoms with Crippen LogP contribution in [0.1, 0.15) is 15.9 Å². The number of carbonyl (C=O) groups excluding carboxylic acids is 1. The Hall–Kier alpha value is -1.35. The van der Waals surface area contributed by atoms with Gasteiger partial charge in [-0.3, -0.25) is 4.79 Å². The molecular formula is C20H12F2I2N2O2S2. The molecule has 0 fully saturated rings. The summed E-state index contributed by atoms with van der Waals surface area (Å²) in [6.45, 7) is -0.0424. The minimum atomic E-state index is -0.286. The first-order valence-corrected chi connectivity index (χ1v) is 12.1. The normalized spacial score (nSPS) is 10.4. The van der Waals surface area contributed by atoms with Crippen LogP contribution in [0.3, 0.4) is 0 Å². The molecule has 0 spiro atoms. The van der Waals surface area contributed by atoms with E-state index >= 15 is 0 Å². The predicted molar refractivity (Wildman–Crippen MR) is 132 cm³/mol. The van der Waals surface area contributed by atoms with Crippen molar-refractivity contribution >= 4 is 74.5 Å². The van der Waals surface area contributed by atoms with Gasteiger partial charge in [0.15, 0.2) is 6.29 Å². The average molecular weight is 668 g/mol. The molecule has 30 heavy (non-hydrogen) atoms. The number of hydrogen-bond donors (Lipinski definition) is 1. The van der Waals surface area contributed by atoms with Crippen molar-refractivity contribution in [3.8, 4) is 22.5 Å². The number of aromatic nitrogens is 2. The molecule has 2 aromatic heterocycles. The Labute approximate surface area is 206 Å². The van der Waals surface area contributed by atoms with Crippen LogP contribution in [0.2, 0.25) is 0 Å². The molecule has 4 nitrogen and oxygen atoms in total. The lowest BCUT2D eigenvalue weighted by Crippen LogP contribution is -1.89. The maximum Gasteiger partial charge on any atom is 0.153 e. The molecule has 0 saturated carbocycles. The third-order valence-electron chi connectivity index (χ3n) is 3.91. The number of aldehydes is 1. The van der Waals surface area contributed by atoms with Crippen molar-refractivity contribution in [2.75, 3.05) is 0 Å². The van der Waals surface area contributed by atoms with Gasteiger partial charge in [0.2, 0.25) is 0 Å². The van der Waals surface area contributed by atoms with E-state index in [1.54, 1.807) is 22.9 Å². The molecule has 1 N–H and O–H groups in total. The topological polar surface area (TPSA) is 63.1 Å². The molecule has 0 atom stereocenters. The van der Waals surface area contributed by atoms with E-state index in [9.17, 15) is 13.6 Å². The van der Waals surface area contributed by atoms with Gasteiger partial charge in [-0.2, -0.15) is 8.75 Å². The van der Waals surface area contributed by atoms with Crippen molar-refractivity contribution in [3.63, 3.8) is 0 Å². The van der Waals surface area contributed by atoms with Crippen molar-refractivity contribution in [2.24, 2.45) is 0 Å². The van der Waals surface area contributed by atoms with Crippen molar-refractivity contribution < 1.29 is 18.7 Å². The summed E-state index contributed by atoms with van der Waals surface area (Å²) in [5.74, 6) is -0.546. The molecule has 2 heterocycles. The number of rotatable bonds is 4. The smallest absolute Gasteiger partial charge is 0.153 e. The van der Waals surface area contributed by atoms with Crippen LogP contribution in [-0.2, 0) is 6.61 Å². The second kappa shape index (κ2) is 10.8. The Morgan fingerprint density at radius 1 is 0.900 bits per heavy atom. The van der Waals surface area contributed by atoms with Gasteiger partial charge in [-0.1, -0.05) is 0 Å². The molecule has 0 aliphatic heterocycles. The fraction of sp³-hybridized carbons (Fsp3) is 0.0500. The number of hydrogen-bond acceptors (Lipinski definition) is 6. The molecule has 0 bridgehead atoms. The van der Waals surface area contributed by atoms with Crippen molar-refractivity contribution in [1.82, 2.24) is 8.75 Å². The fourth-order valence-corrected chi connectivity index (χ4v) is 5.28. The average Bonchev–Trinajstić information content (AvgIpc) is 3.37. The molecule has 0 amide bonds. The number of carbonyl (C=O) groups is 1. The van der Waals surface area contributed by atoms with Gasteiger partial charge in [0.1, 0.15) is 11.6 Å². The summed E-state index contributed by atoms with van der Waals surface area (Å²) in [7, 11) is 0. The first-order chi connectivity index (χ1) is 14.4. The molecular weight excluding hydrogens is 656 g/mol. The van der Waals surface area contributed by atoms with E-state index < -0.39 is 0 Å². The summed E-state index contributed by atoms with van der Waals surface area (Å²) >= 11 is 6.60. The van der Waals surface area contributed by atoms with E-state index in [1.807, 2.05) is 22.6 Å².